The van der Waals surface area contributed by atoms with Crippen molar-refractivity contribution in [1.29, 1.82) is 0 Å². The number of benzene rings is 2. The summed E-state index contributed by atoms with van der Waals surface area (Å²) in [6, 6.07) is 11.6. The van der Waals surface area contributed by atoms with Crippen LogP contribution >= 0.6 is 0 Å². The molecule has 6 nitrogen and oxygen atoms in total. The maximum Gasteiger partial charge on any atom is 0.339 e. The first-order valence-electron chi connectivity index (χ1n) is 6.21. The van der Waals surface area contributed by atoms with Gasteiger partial charge in [-0.3, -0.25) is 4.55 Å². The van der Waals surface area contributed by atoms with Crippen molar-refractivity contribution in [2.75, 3.05) is 0 Å². The average molecular weight is 342 g/mol. The number of aryl methyl sites for hydroxylation is 1. The predicted octanol–water partition coefficient (Wildman–Crippen LogP) is 2.15. The van der Waals surface area contributed by atoms with Crippen LogP contribution in [0.4, 0.5) is 0 Å². The normalized spacial score (nSPS) is 12.1. The van der Waals surface area contributed by atoms with Crippen molar-refractivity contribution in [3.63, 3.8) is 0 Å². The summed E-state index contributed by atoms with van der Waals surface area (Å²) in [6.45, 7) is 1.84. The van der Waals surface area contributed by atoms with E-state index in [0.29, 0.717) is 5.56 Å². The van der Waals surface area contributed by atoms with E-state index in [0.717, 1.165) is 5.56 Å². The van der Waals surface area contributed by atoms with Crippen molar-refractivity contribution in [2.45, 2.75) is 17.6 Å². The molecule has 0 radical (unpaired) electrons. The molecule has 118 valence electrons. The molecule has 0 aliphatic rings. The zero-order chi connectivity index (χ0) is 16.4. The molecular weight excluding hydrogens is 328 g/mol. The van der Waals surface area contributed by atoms with Crippen LogP contribution in [0.25, 0.3) is 0 Å². The Morgan fingerprint density at radius 1 is 0.909 bits per heavy atom. The lowest BCUT2D eigenvalue weighted by Crippen LogP contribution is -2.09. The molecule has 0 unspecified atom stereocenters. The van der Waals surface area contributed by atoms with E-state index in [1.54, 1.807) is 12.1 Å². The van der Waals surface area contributed by atoms with Crippen LogP contribution < -0.4 is 4.18 Å². The molecule has 2 aromatic carbocycles. The molecule has 0 bridgehead atoms. The number of hydrogen-bond donors (Lipinski definition) is 1. The third-order valence-electron chi connectivity index (χ3n) is 2.79. The number of hydrogen-bond acceptors (Lipinski definition) is 5. The van der Waals surface area contributed by atoms with Gasteiger partial charge in [0.15, 0.2) is 0 Å². The maximum absolute atomic E-state index is 12.1. The average Bonchev–Trinajstić information content (AvgIpc) is 2.39. The highest BCUT2D eigenvalue weighted by Gasteiger charge is 2.16. The molecule has 0 fully saturated rings. The van der Waals surface area contributed by atoms with E-state index in [1.165, 1.54) is 36.4 Å². The van der Waals surface area contributed by atoms with Gasteiger partial charge in [-0.25, -0.2) is 0 Å². The zero-order valence-corrected chi connectivity index (χ0v) is 13.3. The van der Waals surface area contributed by atoms with Gasteiger partial charge >= 0.3 is 10.1 Å². The van der Waals surface area contributed by atoms with Gasteiger partial charge in [0.05, 0.1) is 0 Å². The van der Waals surface area contributed by atoms with Gasteiger partial charge in [-0.05, 0) is 36.8 Å². The highest BCUT2D eigenvalue weighted by atomic mass is 32.2. The van der Waals surface area contributed by atoms with Crippen LogP contribution in [0.5, 0.6) is 5.75 Å². The Balaban J connectivity index is 2.18. The molecule has 0 atom stereocenters. The molecule has 0 spiro atoms. The Morgan fingerprint density at radius 2 is 1.45 bits per heavy atom. The monoisotopic (exact) mass is 342 g/mol. The minimum atomic E-state index is -4.13. The molecule has 0 aromatic heterocycles. The summed E-state index contributed by atoms with van der Waals surface area (Å²) in [5.41, 5.74) is 1.25. The fourth-order valence-electron chi connectivity index (χ4n) is 1.73. The standard InChI is InChI=1S/C14H14O6S2/c1-11-2-8-14(9-3-11)22(18,19)20-13-6-4-12(5-7-13)10-21(15,16)17/h2-9H,10H2,1H3,(H,15,16,17). The third-order valence-corrected chi connectivity index (χ3v) is 4.75. The molecule has 2 rings (SSSR count). The molecular formula is C14H14O6S2. The first-order valence-corrected chi connectivity index (χ1v) is 9.23. The second kappa shape index (κ2) is 6.07. The zero-order valence-electron chi connectivity index (χ0n) is 11.6. The molecule has 8 heteroatoms. The lowest BCUT2D eigenvalue weighted by atomic mass is 10.2. The van der Waals surface area contributed by atoms with E-state index in [2.05, 4.69) is 0 Å². The van der Waals surface area contributed by atoms with Crippen molar-refractivity contribution in [1.82, 2.24) is 0 Å². The first-order chi connectivity index (χ1) is 10.2. The van der Waals surface area contributed by atoms with E-state index in [9.17, 15) is 16.8 Å². The molecule has 0 aliphatic carbocycles. The van der Waals surface area contributed by atoms with Crippen LogP contribution in [-0.2, 0) is 26.0 Å². The highest BCUT2D eigenvalue weighted by molar-refractivity contribution is 7.87. The smallest absolute Gasteiger partial charge is 0.339 e. The Kier molecular flexibility index (Phi) is 4.55. The van der Waals surface area contributed by atoms with E-state index >= 15 is 0 Å². The van der Waals surface area contributed by atoms with Crippen LogP contribution in [0.3, 0.4) is 0 Å². The van der Waals surface area contributed by atoms with Crippen LogP contribution in [0.15, 0.2) is 53.4 Å². The van der Waals surface area contributed by atoms with Crippen molar-refractivity contribution in [2.24, 2.45) is 0 Å². The first kappa shape index (κ1) is 16.5. The SMILES string of the molecule is Cc1ccc(S(=O)(=O)Oc2ccc(CS(=O)(=O)O)cc2)cc1. The van der Waals surface area contributed by atoms with Crippen LogP contribution in [0.1, 0.15) is 11.1 Å². The minimum absolute atomic E-state index is 0.0279. The second-order valence-corrected chi connectivity index (χ2v) is 7.72. The molecule has 2 aromatic rings. The predicted molar refractivity (Wildman–Crippen MR) is 80.7 cm³/mol. The van der Waals surface area contributed by atoms with Crippen molar-refractivity contribution in [3.8, 4) is 5.75 Å². The van der Waals surface area contributed by atoms with Gasteiger partial charge in [0, 0.05) is 0 Å². The third kappa shape index (κ3) is 4.55. The summed E-state index contributed by atoms with van der Waals surface area (Å²) in [5.74, 6) is -0.488. The van der Waals surface area contributed by atoms with Crippen molar-refractivity contribution >= 4 is 20.2 Å². The minimum Gasteiger partial charge on any atom is -0.379 e. The Labute approximate surface area is 129 Å². The molecule has 0 amide bonds. The van der Waals surface area contributed by atoms with Gasteiger partial charge < -0.3 is 4.18 Å². The summed E-state index contributed by atoms with van der Waals surface area (Å²) in [6.07, 6.45) is 0. The summed E-state index contributed by atoms with van der Waals surface area (Å²) in [7, 11) is -8.08. The van der Waals surface area contributed by atoms with Gasteiger partial charge in [-0.15, -0.1) is 0 Å². The van der Waals surface area contributed by atoms with E-state index in [-0.39, 0.29) is 10.6 Å². The molecule has 22 heavy (non-hydrogen) atoms. The summed E-state index contributed by atoms with van der Waals surface area (Å²) in [4.78, 5) is 0.0279. The van der Waals surface area contributed by atoms with Crippen molar-refractivity contribution < 1.29 is 25.6 Å². The fourth-order valence-corrected chi connectivity index (χ4v) is 3.28. The van der Waals surface area contributed by atoms with Crippen LogP contribution in [0, 0.1) is 6.92 Å². The van der Waals surface area contributed by atoms with Gasteiger partial charge in [-0.1, -0.05) is 29.8 Å². The van der Waals surface area contributed by atoms with Crippen molar-refractivity contribution in [3.05, 3.63) is 59.7 Å². The Hall–Kier alpha value is -1.90. The van der Waals surface area contributed by atoms with Gasteiger partial charge in [-0.2, -0.15) is 16.8 Å². The summed E-state index contributed by atoms with van der Waals surface area (Å²) >= 11 is 0. The highest BCUT2D eigenvalue weighted by Crippen LogP contribution is 2.20. The summed E-state index contributed by atoms with van der Waals surface area (Å²) in [5, 5.41) is 0. The largest absolute Gasteiger partial charge is 0.379 e. The Bertz CT molecular complexity index is 851. The summed E-state index contributed by atoms with van der Waals surface area (Å²) < 4.78 is 59.4. The van der Waals surface area contributed by atoms with E-state index in [1.807, 2.05) is 6.92 Å². The Morgan fingerprint density at radius 3 is 1.95 bits per heavy atom. The van der Waals surface area contributed by atoms with E-state index in [4.69, 9.17) is 8.74 Å². The maximum atomic E-state index is 12.1. The van der Waals surface area contributed by atoms with Gasteiger partial charge in [0.2, 0.25) is 0 Å². The number of rotatable bonds is 5. The second-order valence-electron chi connectivity index (χ2n) is 4.72. The van der Waals surface area contributed by atoms with E-state index < -0.39 is 26.0 Å². The lowest BCUT2D eigenvalue weighted by molar-refractivity contribution is 0.480. The molecule has 0 heterocycles. The van der Waals surface area contributed by atoms with Crippen LogP contribution in [0.2, 0.25) is 0 Å². The van der Waals surface area contributed by atoms with Gasteiger partial charge in [0.1, 0.15) is 16.4 Å². The quantitative estimate of drug-likeness (QED) is 0.660. The molecule has 0 aliphatic heterocycles. The topological polar surface area (TPSA) is 97.7 Å². The van der Waals surface area contributed by atoms with Gasteiger partial charge in [0.25, 0.3) is 10.1 Å². The molecule has 0 saturated heterocycles. The molecule has 0 saturated carbocycles. The molecule has 1 N–H and O–H groups in total. The lowest BCUT2D eigenvalue weighted by Gasteiger charge is -2.08. The van der Waals surface area contributed by atoms with Crippen LogP contribution in [-0.4, -0.2) is 21.4 Å². The fraction of sp³-hybridized carbons (Fsp3) is 0.143.